The third-order valence-electron chi connectivity index (χ3n) is 4.24. The predicted molar refractivity (Wildman–Crippen MR) is 94.3 cm³/mol. The van der Waals surface area contributed by atoms with Gasteiger partial charge >= 0.3 is 0 Å². The summed E-state index contributed by atoms with van der Waals surface area (Å²) in [4.78, 5) is 11.1. The molecule has 0 aromatic heterocycles. The molecule has 0 heterocycles. The number of hydrogen-bond acceptors (Lipinski definition) is 4. The first-order valence-electron chi connectivity index (χ1n) is 8.20. The van der Waals surface area contributed by atoms with Crippen LogP contribution in [0.1, 0.15) is 49.8 Å². The molecule has 2 aromatic carbocycles. The van der Waals surface area contributed by atoms with Gasteiger partial charge in [-0.25, -0.2) is 13.1 Å². The van der Waals surface area contributed by atoms with Crippen molar-refractivity contribution in [1.82, 2.24) is 4.72 Å². The smallest absolute Gasteiger partial charge is 0.241 e. The number of aliphatic carboxylic acids is 1. The molecule has 0 amide bonds. The van der Waals surface area contributed by atoms with E-state index in [9.17, 15) is 18.3 Å². The van der Waals surface area contributed by atoms with E-state index in [4.69, 9.17) is 0 Å². The van der Waals surface area contributed by atoms with E-state index in [1.165, 1.54) is 0 Å². The van der Waals surface area contributed by atoms with Gasteiger partial charge in [-0.3, -0.25) is 0 Å². The van der Waals surface area contributed by atoms with Crippen molar-refractivity contribution in [2.24, 2.45) is 0 Å². The lowest BCUT2D eigenvalue weighted by atomic mass is 9.99. The Morgan fingerprint density at radius 2 is 1.64 bits per heavy atom. The number of carbonyl (C=O) groups excluding carboxylic acids is 1. The Labute approximate surface area is 148 Å². The van der Waals surface area contributed by atoms with Gasteiger partial charge in [0, 0.05) is 12.4 Å². The summed E-state index contributed by atoms with van der Waals surface area (Å²) in [5, 5.41) is 11.0. The predicted octanol–water partition coefficient (Wildman–Crippen LogP) is 2.36. The number of benzene rings is 2. The number of nitrogens with one attached hydrogen (secondary N) is 1. The number of carboxylic acid groups (broad SMARTS) is 1. The fourth-order valence-corrected chi connectivity index (χ4v) is 3.77. The normalized spacial score (nSPS) is 14.0. The Bertz CT molecular complexity index is 801. The Balaban J connectivity index is 2.26. The van der Waals surface area contributed by atoms with Gasteiger partial charge in [-0.1, -0.05) is 56.3 Å². The monoisotopic (exact) mass is 360 g/mol. The fraction of sp³-hybridized carbons (Fsp3) is 0.316. The van der Waals surface area contributed by atoms with Crippen LogP contribution in [0.4, 0.5) is 0 Å². The molecule has 5 nitrogen and oxygen atoms in total. The molecule has 25 heavy (non-hydrogen) atoms. The molecule has 6 heteroatoms. The molecular weight excluding hydrogens is 338 g/mol. The van der Waals surface area contributed by atoms with Gasteiger partial charge in [0.25, 0.3) is 0 Å². The molecule has 134 valence electrons. The van der Waals surface area contributed by atoms with Crippen molar-refractivity contribution in [3.63, 3.8) is 0 Å². The summed E-state index contributed by atoms with van der Waals surface area (Å²) < 4.78 is 27.7. The van der Waals surface area contributed by atoms with Crippen molar-refractivity contribution < 1.29 is 18.3 Å². The molecule has 0 aliphatic carbocycles. The van der Waals surface area contributed by atoms with Crippen molar-refractivity contribution in [2.75, 3.05) is 0 Å². The van der Waals surface area contributed by atoms with Crippen molar-refractivity contribution in [1.29, 1.82) is 0 Å². The molecule has 0 saturated heterocycles. The first-order valence-corrected chi connectivity index (χ1v) is 9.69. The van der Waals surface area contributed by atoms with Crippen LogP contribution in [0.5, 0.6) is 0 Å². The minimum atomic E-state index is -3.84. The highest BCUT2D eigenvalue weighted by Gasteiger charge is 2.21. The largest absolute Gasteiger partial charge is 0.550 e. The van der Waals surface area contributed by atoms with E-state index >= 15 is 0 Å². The third kappa shape index (κ3) is 5.14. The molecule has 0 aliphatic heterocycles. The Morgan fingerprint density at radius 3 is 2.16 bits per heavy atom. The molecular formula is C19H22NO4S-. The van der Waals surface area contributed by atoms with Gasteiger partial charge in [-0.15, -0.1) is 0 Å². The van der Waals surface area contributed by atoms with Crippen molar-refractivity contribution in [3.8, 4) is 0 Å². The summed E-state index contributed by atoms with van der Waals surface area (Å²) in [7, 11) is -3.84. The van der Waals surface area contributed by atoms with Gasteiger partial charge in [0.05, 0.1) is 10.9 Å². The molecule has 2 rings (SSSR count). The molecule has 1 N–H and O–H groups in total. The molecule has 0 unspecified atom stereocenters. The summed E-state index contributed by atoms with van der Waals surface area (Å²) in [5.74, 6) is -0.969. The van der Waals surface area contributed by atoms with Gasteiger partial charge in [-0.2, -0.15) is 0 Å². The molecule has 0 aliphatic rings. The first-order chi connectivity index (χ1) is 11.8. The average Bonchev–Trinajstić information content (AvgIpc) is 2.61. The summed E-state index contributed by atoms with van der Waals surface area (Å²) in [6.45, 7) is 4.15. The number of carbonyl (C=O) groups is 1. The lowest BCUT2D eigenvalue weighted by molar-refractivity contribution is -0.306. The summed E-state index contributed by atoms with van der Waals surface area (Å²) in [6.07, 6.45) is 0.528. The average molecular weight is 360 g/mol. The number of sulfonamides is 1. The van der Waals surface area contributed by atoms with E-state index in [-0.39, 0.29) is 4.90 Å². The second-order valence-corrected chi connectivity index (χ2v) is 7.75. The van der Waals surface area contributed by atoms with Crippen molar-refractivity contribution in [3.05, 3.63) is 65.7 Å². The number of rotatable bonds is 8. The van der Waals surface area contributed by atoms with Gasteiger partial charge in [0.1, 0.15) is 0 Å². The van der Waals surface area contributed by atoms with E-state index in [2.05, 4.69) is 18.6 Å². The minimum Gasteiger partial charge on any atom is -0.550 e. The second kappa shape index (κ2) is 8.27. The van der Waals surface area contributed by atoms with E-state index in [0.717, 1.165) is 12.0 Å². The zero-order chi connectivity index (χ0) is 18.4. The van der Waals surface area contributed by atoms with Crippen LogP contribution >= 0.6 is 0 Å². The Morgan fingerprint density at radius 1 is 1.04 bits per heavy atom. The molecule has 0 saturated carbocycles. The quantitative estimate of drug-likeness (QED) is 0.783. The Hall–Kier alpha value is -2.18. The summed E-state index contributed by atoms with van der Waals surface area (Å²) >= 11 is 0. The third-order valence-corrected chi connectivity index (χ3v) is 5.73. The summed E-state index contributed by atoms with van der Waals surface area (Å²) in [5.41, 5.74) is 1.64. The molecule has 2 aromatic rings. The van der Waals surface area contributed by atoms with Gasteiger partial charge in [-0.05, 0) is 35.6 Å². The second-order valence-electron chi connectivity index (χ2n) is 6.04. The van der Waals surface area contributed by atoms with E-state index in [0.29, 0.717) is 11.5 Å². The molecule has 0 fully saturated rings. The maximum Gasteiger partial charge on any atom is 0.241 e. The standard InChI is InChI=1S/C19H23NO4S/c1-3-14(2)15-9-11-17(12-10-15)25(23,24)20-18(13-19(21)22)16-7-5-4-6-8-16/h4-12,14,18,20H,3,13H2,1-2H3,(H,21,22)/p-1/t14-,18-/m0/s1. The highest BCUT2D eigenvalue weighted by molar-refractivity contribution is 7.89. The van der Waals surface area contributed by atoms with Crippen LogP contribution in [-0.4, -0.2) is 14.4 Å². The lowest BCUT2D eigenvalue weighted by Gasteiger charge is -2.20. The highest BCUT2D eigenvalue weighted by atomic mass is 32.2. The van der Waals surface area contributed by atoms with E-state index < -0.39 is 28.5 Å². The topological polar surface area (TPSA) is 86.3 Å². The number of hydrogen-bond donors (Lipinski definition) is 1. The zero-order valence-corrected chi connectivity index (χ0v) is 15.1. The van der Waals surface area contributed by atoms with E-state index in [1.807, 2.05) is 0 Å². The van der Waals surface area contributed by atoms with Crippen LogP contribution in [0.3, 0.4) is 0 Å². The van der Waals surface area contributed by atoms with Crippen LogP contribution in [-0.2, 0) is 14.8 Å². The molecule has 0 spiro atoms. The van der Waals surface area contributed by atoms with Gasteiger partial charge in [0.2, 0.25) is 10.0 Å². The maximum absolute atomic E-state index is 12.6. The zero-order valence-electron chi connectivity index (χ0n) is 14.3. The SMILES string of the molecule is CC[C@H](C)c1ccc(S(=O)(=O)N[C@@H](CC(=O)[O-])c2ccccc2)cc1. The fourth-order valence-electron chi connectivity index (χ4n) is 2.55. The van der Waals surface area contributed by atoms with Crippen LogP contribution in [0.15, 0.2) is 59.5 Å². The van der Waals surface area contributed by atoms with Crippen LogP contribution in [0.25, 0.3) is 0 Å². The van der Waals surface area contributed by atoms with Crippen LogP contribution in [0, 0.1) is 0 Å². The minimum absolute atomic E-state index is 0.110. The lowest BCUT2D eigenvalue weighted by Crippen LogP contribution is -2.34. The van der Waals surface area contributed by atoms with Gasteiger partial charge in [0.15, 0.2) is 0 Å². The molecule has 0 radical (unpaired) electrons. The number of carboxylic acids is 1. The van der Waals surface area contributed by atoms with Gasteiger partial charge < -0.3 is 9.90 Å². The van der Waals surface area contributed by atoms with Crippen molar-refractivity contribution in [2.45, 2.75) is 43.5 Å². The summed E-state index contributed by atoms with van der Waals surface area (Å²) in [6, 6.07) is 14.4. The van der Waals surface area contributed by atoms with Crippen molar-refractivity contribution >= 4 is 16.0 Å². The van der Waals surface area contributed by atoms with Crippen LogP contribution in [0.2, 0.25) is 0 Å². The Kier molecular flexibility index (Phi) is 6.33. The molecule has 0 bridgehead atoms. The van der Waals surface area contributed by atoms with Crippen LogP contribution < -0.4 is 9.83 Å². The maximum atomic E-state index is 12.6. The highest BCUT2D eigenvalue weighted by Crippen LogP contribution is 2.23. The first kappa shape index (κ1) is 19.1. The molecule has 2 atom stereocenters. The van der Waals surface area contributed by atoms with E-state index in [1.54, 1.807) is 54.6 Å².